The number of para-hydroxylation sites is 1. The summed E-state index contributed by atoms with van der Waals surface area (Å²) in [5.74, 6) is 0.787. The zero-order valence-corrected chi connectivity index (χ0v) is 21.5. The van der Waals surface area contributed by atoms with E-state index in [1.165, 1.54) is 0 Å². The predicted octanol–water partition coefficient (Wildman–Crippen LogP) is 7.20. The van der Waals surface area contributed by atoms with Crippen molar-refractivity contribution in [1.82, 2.24) is 15.2 Å². The van der Waals surface area contributed by atoms with Gasteiger partial charge in [-0.3, -0.25) is 9.88 Å². The van der Waals surface area contributed by atoms with Gasteiger partial charge < -0.3 is 10.6 Å². The van der Waals surface area contributed by atoms with E-state index in [1.54, 1.807) is 6.20 Å². The number of halogens is 6. The van der Waals surface area contributed by atoms with E-state index >= 15 is 0 Å². The first kappa shape index (κ1) is 27.4. The summed E-state index contributed by atoms with van der Waals surface area (Å²) in [4.78, 5) is 6.79. The number of pyridine rings is 1. The van der Waals surface area contributed by atoms with Crippen molar-refractivity contribution in [2.45, 2.75) is 37.3 Å². The summed E-state index contributed by atoms with van der Waals surface area (Å²) in [5, 5.41) is 6.65. The number of hydrogen-bond acceptors (Lipinski definition) is 3. The lowest BCUT2D eigenvalue weighted by molar-refractivity contribution is -0.143. The van der Waals surface area contributed by atoms with Crippen molar-refractivity contribution in [3.63, 3.8) is 0 Å². The minimum atomic E-state index is -4.96. The van der Waals surface area contributed by atoms with E-state index in [0.29, 0.717) is 24.0 Å². The van der Waals surface area contributed by atoms with Crippen LogP contribution in [0.5, 0.6) is 0 Å². The normalized spacial score (nSPS) is 23.8. The van der Waals surface area contributed by atoms with Gasteiger partial charge in [-0.15, -0.1) is 6.58 Å². The number of alkyl halides is 6. The molecule has 2 N–H and O–H groups in total. The lowest BCUT2D eigenvalue weighted by Gasteiger charge is -2.52. The standard InChI is InChI=1S/C28H26F6N4S/c1-2-16-15-38-10-8-17(16)11-24(38)25(22-7-9-35-23-6-4-3-5-21(22)23)37-26(39)36-20-13-18(27(29,30)31)12-19(14-20)28(32,33)34/h2-7,9,12-14,16-17,24-25H,1,8,10-11,15H2,(H2,36,37,39)/t16-,17+,24-,25-/m1/s1. The third kappa shape index (κ3) is 5.74. The molecule has 3 saturated heterocycles. The third-order valence-corrected chi connectivity index (χ3v) is 7.91. The highest BCUT2D eigenvalue weighted by Crippen LogP contribution is 2.42. The van der Waals surface area contributed by atoms with Gasteiger partial charge in [0.1, 0.15) is 0 Å². The fourth-order valence-corrected chi connectivity index (χ4v) is 6.07. The second-order valence-electron chi connectivity index (χ2n) is 10.0. The van der Waals surface area contributed by atoms with Gasteiger partial charge in [0.05, 0.1) is 22.7 Å². The lowest BCUT2D eigenvalue weighted by Crippen LogP contribution is -2.57. The van der Waals surface area contributed by atoms with E-state index in [-0.39, 0.29) is 23.3 Å². The molecule has 2 bridgehead atoms. The van der Waals surface area contributed by atoms with Gasteiger partial charge in [0.15, 0.2) is 5.11 Å². The smallest absolute Gasteiger partial charge is 0.354 e. The van der Waals surface area contributed by atoms with Crippen LogP contribution in [0.2, 0.25) is 0 Å². The second-order valence-corrected chi connectivity index (χ2v) is 10.4. The number of nitrogens with zero attached hydrogens (tertiary/aromatic N) is 2. The molecule has 0 amide bonds. The molecular formula is C28H26F6N4S. The van der Waals surface area contributed by atoms with Crippen LogP contribution in [0, 0.1) is 11.8 Å². The molecule has 0 spiro atoms. The third-order valence-electron chi connectivity index (χ3n) is 7.69. The molecule has 0 aliphatic carbocycles. The topological polar surface area (TPSA) is 40.2 Å². The Labute approximate surface area is 227 Å². The number of anilines is 1. The van der Waals surface area contributed by atoms with Crippen molar-refractivity contribution < 1.29 is 26.3 Å². The molecule has 11 heteroatoms. The summed E-state index contributed by atoms with van der Waals surface area (Å²) in [6, 6.07) is 10.4. The van der Waals surface area contributed by atoms with Crippen LogP contribution in [0.1, 0.15) is 35.6 Å². The highest BCUT2D eigenvalue weighted by molar-refractivity contribution is 7.80. The van der Waals surface area contributed by atoms with Gasteiger partial charge in [-0.25, -0.2) is 0 Å². The Balaban J connectivity index is 1.48. The molecule has 6 rings (SSSR count). The van der Waals surface area contributed by atoms with Gasteiger partial charge in [0.2, 0.25) is 0 Å². The van der Waals surface area contributed by atoms with Crippen LogP contribution in [0.4, 0.5) is 32.0 Å². The maximum atomic E-state index is 13.4. The number of fused-ring (bicyclic) bond motifs is 4. The van der Waals surface area contributed by atoms with Gasteiger partial charge in [-0.2, -0.15) is 26.3 Å². The molecule has 2 aromatic carbocycles. The molecule has 1 unspecified atom stereocenters. The zero-order valence-electron chi connectivity index (χ0n) is 20.7. The maximum absolute atomic E-state index is 13.4. The number of nitrogens with one attached hydrogen (secondary N) is 2. The highest BCUT2D eigenvalue weighted by Gasteiger charge is 2.43. The average molecular weight is 565 g/mol. The molecular weight excluding hydrogens is 538 g/mol. The van der Waals surface area contributed by atoms with E-state index in [1.807, 2.05) is 36.4 Å². The highest BCUT2D eigenvalue weighted by atomic mass is 32.1. The molecule has 3 aromatic rings. The Bertz CT molecular complexity index is 1350. The molecule has 5 atom stereocenters. The number of hydrogen-bond donors (Lipinski definition) is 2. The van der Waals surface area contributed by atoms with Crippen LogP contribution in [0.3, 0.4) is 0 Å². The molecule has 0 saturated carbocycles. The Morgan fingerprint density at radius 1 is 1.05 bits per heavy atom. The van der Waals surface area contributed by atoms with Gasteiger partial charge in [-0.1, -0.05) is 24.3 Å². The Morgan fingerprint density at radius 2 is 1.74 bits per heavy atom. The average Bonchev–Trinajstić information content (AvgIpc) is 2.90. The van der Waals surface area contributed by atoms with Crippen LogP contribution in [0.25, 0.3) is 10.9 Å². The van der Waals surface area contributed by atoms with Gasteiger partial charge in [-0.05, 0) is 79.3 Å². The summed E-state index contributed by atoms with van der Waals surface area (Å²) < 4.78 is 80.3. The Morgan fingerprint density at radius 3 is 2.36 bits per heavy atom. The Kier molecular flexibility index (Phi) is 7.32. The van der Waals surface area contributed by atoms with Gasteiger partial charge in [0.25, 0.3) is 0 Å². The van der Waals surface area contributed by atoms with E-state index in [2.05, 4.69) is 27.1 Å². The first-order valence-electron chi connectivity index (χ1n) is 12.5. The van der Waals surface area contributed by atoms with Gasteiger partial charge in [0, 0.05) is 29.9 Å². The molecule has 3 aliphatic rings. The summed E-state index contributed by atoms with van der Waals surface area (Å²) in [6.07, 6.45) is -4.37. The van der Waals surface area contributed by atoms with Crippen molar-refractivity contribution >= 4 is 33.9 Å². The van der Waals surface area contributed by atoms with Crippen LogP contribution >= 0.6 is 12.2 Å². The SMILES string of the molecule is C=C[C@@H]1CN2CC[C@H]1C[C@@H]2[C@H](NC(=S)Nc1cc(C(F)(F)F)cc(C(F)(F)F)c1)c1ccnc2ccccc12. The summed E-state index contributed by atoms with van der Waals surface area (Å²) >= 11 is 5.47. The minimum Gasteiger partial charge on any atom is -0.354 e. The first-order valence-corrected chi connectivity index (χ1v) is 12.9. The summed E-state index contributed by atoms with van der Waals surface area (Å²) in [7, 11) is 0. The van der Waals surface area contributed by atoms with Gasteiger partial charge >= 0.3 is 12.4 Å². The van der Waals surface area contributed by atoms with Crippen LogP contribution in [-0.2, 0) is 12.4 Å². The fourth-order valence-electron chi connectivity index (χ4n) is 5.83. The molecule has 206 valence electrons. The van der Waals surface area contributed by atoms with Crippen molar-refractivity contribution in [1.29, 1.82) is 0 Å². The van der Waals surface area contributed by atoms with Crippen LogP contribution < -0.4 is 10.6 Å². The molecule has 3 fully saturated rings. The monoisotopic (exact) mass is 564 g/mol. The number of rotatable bonds is 5. The van der Waals surface area contributed by atoms with Crippen LogP contribution in [-0.4, -0.2) is 34.1 Å². The number of piperidine rings is 3. The lowest BCUT2D eigenvalue weighted by atomic mass is 9.73. The van der Waals surface area contributed by atoms with Crippen molar-refractivity contribution in [3.8, 4) is 0 Å². The fraction of sp³-hybridized carbons (Fsp3) is 0.357. The number of aromatic nitrogens is 1. The summed E-state index contributed by atoms with van der Waals surface area (Å²) in [6.45, 7) is 5.68. The van der Waals surface area contributed by atoms with Crippen LogP contribution in [0.15, 0.2) is 67.4 Å². The molecule has 1 aromatic heterocycles. The number of benzene rings is 2. The van der Waals surface area contributed by atoms with Crippen molar-refractivity contribution in [3.05, 3.63) is 84.1 Å². The zero-order chi connectivity index (χ0) is 27.9. The molecule has 4 nitrogen and oxygen atoms in total. The largest absolute Gasteiger partial charge is 0.416 e. The predicted molar refractivity (Wildman–Crippen MR) is 142 cm³/mol. The first-order chi connectivity index (χ1) is 18.4. The molecule has 4 heterocycles. The second kappa shape index (κ2) is 10.4. The molecule has 39 heavy (non-hydrogen) atoms. The maximum Gasteiger partial charge on any atom is 0.416 e. The van der Waals surface area contributed by atoms with E-state index in [9.17, 15) is 26.3 Å². The van der Waals surface area contributed by atoms with Crippen molar-refractivity contribution in [2.75, 3.05) is 18.4 Å². The minimum absolute atomic E-state index is 0.00208. The van der Waals surface area contributed by atoms with Crippen molar-refractivity contribution in [2.24, 2.45) is 11.8 Å². The summed E-state index contributed by atoms with van der Waals surface area (Å²) in [5.41, 5.74) is -1.55. The van der Waals surface area contributed by atoms with E-state index < -0.39 is 29.2 Å². The molecule has 0 radical (unpaired) electrons. The quantitative estimate of drug-likeness (QED) is 0.195. The number of thiocarbonyl (C=S) groups is 1. The molecule has 3 aliphatic heterocycles. The van der Waals surface area contributed by atoms with E-state index in [4.69, 9.17) is 12.2 Å². The Hall–Kier alpha value is -3.18. The van der Waals surface area contributed by atoms with E-state index in [0.717, 1.165) is 42.4 Å².